The molecule has 2 heterocycles. The van der Waals surface area contributed by atoms with Gasteiger partial charge < -0.3 is 14.7 Å². The zero-order valence-corrected chi connectivity index (χ0v) is 15.2. The molecule has 1 aromatic rings. The van der Waals surface area contributed by atoms with Gasteiger partial charge in [0, 0.05) is 18.5 Å². The van der Waals surface area contributed by atoms with E-state index in [1.807, 2.05) is 6.20 Å². The van der Waals surface area contributed by atoms with Crippen molar-refractivity contribution in [2.24, 2.45) is 17.8 Å². The lowest BCUT2D eigenvalue weighted by Gasteiger charge is -2.39. The molecule has 0 amide bonds. The van der Waals surface area contributed by atoms with Crippen LogP contribution in [-0.4, -0.2) is 40.4 Å². The largest absolute Gasteiger partial charge is 0.476 e. The molecule has 24 heavy (non-hydrogen) atoms. The number of hydrogen-bond acceptors (Lipinski definition) is 5. The summed E-state index contributed by atoms with van der Waals surface area (Å²) in [5.74, 6) is 3.01. The Balaban J connectivity index is 1.74. The molecule has 1 saturated carbocycles. The SMILES string of the molecule is CC(C)COc1cncc(N2CCC[C@@H]2[C@@H]2C[C@@H](C)CC[C@H]2O)n1. The predicted octanol–water partition coefficient (Wildman–Crippen LogP) is 3.28. The van der Waals surface area contributed by atoms with E-state index in [0.717, 1.165) is 44.5 Å². The molecule has 2 aliphatic rings. The zero-order valence-electron chi connectivity index (χ0n) is 15.2. The van der Waals surface area contributed by atoms with Gasteiger partial charge in [-0.3, -0.25) is 4.98 Å². The standard InChI is InChI=1S/C19H31N3O2/c1-13(2)12-24-19-11-20-10-18(21-19)22-8-4-5-16(22)15-9-14(3)6-7-17(15)23/h10-11,13-17,23H,4-9,12H2,1-3H3/t14-,15-,16+,17+/m0/s1. The van der Waals surface area contributed by atoms with E-state index in [2.05, 4.69) is 35.6 Å². The molecular weight excluding hydrogens is 302 g/mol. The summed E-state index contributed by atoms with van der Waals surface area (Å²) in [6.07, 6.45) is 8.81. The van der Waals surface area contributed by atoms with Gasteiger partial charge in [-0.2, -0.15) is 4.98 Å². The van der Waals surface area contributed by atoms with Crippen molar-refractivity contribution in [2.75, 3.05) is 18.1 Å². The molecule has 0 unspecified atom stereocenters. The second-order valence-electron chi connectivity index (χ2n) is 7.97. The van der Waals surface area contributed by atoms with E-state index in [4.69, 9.17) is 4.74 Å². The van der Waals surface area contributed by atoms with Crippen LogP contribution in [0.4, 0.5) is 5.82 Å². The number of rotatable bonds is 5. The zero-order chi connectivity index (χ0) is 17.1. The van der Waals surface area contributed by atoms with Crippen LogP contribution in [0.15, 0.2) is 12.4 Å². The average molecular weight is 333 g/mol. The minimum absolute atomic E-state index is 0.180. The summed E-state index contributed by atoms with van der Waals surface area (Å²) in [6.45, 7) is 8.20. The highest BCUT2D eigenvalue weighted by atomic mass is 16.5. The highest BCUT2D eigenvalue weighted by molar-refractivity contribution is 5.41. The molecule has 1 aromatic heterocycles. The van der Waals surface area contributed by atoms with Crippen molar-refractivity contribution in [2.45, 2.75) is 65.0 Å². The molecule has 2 fully saturated rings. The lowest BCUT2D eigenvalue weighted by molar-refractivity contribution is 0.0389. The van der Waals surface area contributed by atoms with Crippen LogP contribution in [0.25, 0.3) is 0 Å². The molecule has 0 radical (unpaired) electrons. The van der Waals surface area contributed by atoms with Gasteiger partial charge in [0.1, 0.15) is 0 Å². The summed E-state index contributed by atoms with van der Waals surface area (Å²) in [4.78, 5) is 11.4. The molecular formula is C19H31N3O2. The third-order valence-electron chi connectivity index (χ3n) is 5.38. The van der Waals surface area contributed by atoms with Crippen LogP contribution in [0, 0.1) is 17.8 Å². The minimum atomic E-state index is -0.180. The fourth-order valence-electron chi connectivity index (χ4n) is 4.14. The van der Waals surface area contributed by atoms with Crippen LogP contribution in [0.5, 0.6) is 5.88 Å². The topological polar surface area (TPSA) is 58.5 Å². The molecule has 134 valence electrons. The molecule has 0 spiro atoms. The van der Waals surface area contributed by atoms with Gasteiger partial charge in [-0.1, -0.05) is 20.8 Å². The second kappa shape index (κ2) is 7.68. The van der Waals surface area contributed by atoms with E-state index >= 15 is 0 Å². The lowest BCUT2D eigenvalue weighted by atomic mass is 9.76. The molecule has 0 aromatic carbocycles. The predicted molar refractivity (Wildman–Crippen MR) is 95.2 cm³/mol. The van der Waals surface area contributed by atoms with Crippen molar-refractivity contribution < 1.29 is 9.84 Å². The first kappa shape index (κ1) is 17.5. The van der Waals surface area contributed by atoms with E-state index in [1.54, 1.807) is 6.20 Å². The van der Waals surface area contributed by atoms with Crippen LogP contribution < -0.4 is 9.64 Å². The molecule has 1 aliphatic heterocycles. The van der Waals surface area contributed by atoms with Crippen LogP contribution >= 0.6 is 0 Å². The quantitative estimate of drug-likeness (QED) is 0.896. The van der Waals surface area contributed by atoms with E-state index in [9.17, 15) is 5.11 Å². The van der Waals surface area contributed by atoms with Gasteiger partial charge in [0.2, 0.25) is 5.88 Å². The van der Waals surface area contributed by atoms with Gasteiger partial charge in [-0.05, 0) is 43.9 Å². The molecule has 1 N–H and O–H groups in total. The third kappa shape index (κ3) is 4.00. The Morgan fingerprint density at radius 3 is 2.92 bits per heavy atom. The fraction of sp³-hybridized carbons (Fsp3) is 0.789. The van der Waals surface area contributed by atoms with E-state index in [-0.39, 0.29) is 6.10 Å². The van der Waals surface area contributed by atoms with Crippen molar-refractivity contribution in [3.63, 3.8) is 0 Å². The first-order valence-electron chi connectivity index (χ1n) is 9.44. The smallest absolute Gasteiger partial charge is 0.234 e. The van der Waals surface area contributed by atoms with Crippen molar-refractivity contribution in [3.05, 3.63) is 12.4 Å². The normalized spacial score (nSPS) is 30.8. The van der Waals surface area contributed by atoms with E-state index < -0.39 is 0 Å². The number of ether oxygens (including phenoxy) is 1. The maximum absolute atomic E-state index is 10.5. The Hall–Kier alpha value is -1.36. The van der Waals surface area contributed by atoms with Gasteiger partial charge in [0.15, 0.2) is 5.82 Å². The molecule has 4 atom stereocenters. The monoisotopic (exact) mass is 333 g/mol. The Labute approximate surface area is 145 Å². The van der Waals surface area contributed by atoms with Crippen molar-refractivity contribution in [3.8, 4) is 5.88 Å². The third-order valence-corrected chi connectivity index (χ3v) is 5.38. The first-order valence-corrected chi connectivity index (χ1v) is 9.44. The number of hydrogen-bond donors (Lipinski definition) is 1. The highest BCUT2D eigenvalue weighted by Gasteiger charge is 2.39. The molecule has 1 saturated heterocycles. The van der Waals surface area contributed by atoms with Gasteiger partial charge in [-0.25, -0.2) is 0 Å². The van der Waals surface area contributed by atoms with Crippen molar-refractivity contribution in [1.29, 1.82) is 0 Å². The van der Waals surface area contributed by atoms with Crippen molar-refractivity contribution >= 4 is 5.82 Å². The number of aliphatic hydroxyl groups is 1. The van der Waals surface area contributed by atoms with E-state index in [1.165, 1.54) is 0 Å². The number of anilines is 1. The summed E-state index contributed by atoms with van der Waals surface area (Å²) in [5, 5.41) is 10.5. The Kier molecular flexibility index (Phi) is 5.59. The van der Waals surface area contributed by atoms with E-state index in [0.29, 0.717) is 36.3 Å². The van der Waals surface area contributed by atoms with Crippen LogP contribution in [-0.2, 0) is 0 Å². The maximum atomic E-state index is 10.5. The van der Waals surface area contributed by atoms with Gasteiger partial charge in [0.25, 0.3) is 0 Å². The first-order chi connectivity index (χ1) is 11.5. The van der Waals surface area contributed by atoms with Crippen molar-refractivity contribution in [1.82, 2.24) is 9.97 Å². The summed E-state index contributed by atoms with van der Waals surface area (Å²) in [6, 6.07) is 0.373. The highest BCUT2D eigenvalue weighted by Crippen LogP contribution is 2.38. The van der Waals surface area contributed by atoms with Gasteiger partial charge in [0.05, 0.1) is 25.1 Å². The summed E-state index contributed by atoms with van der Waals surface area (Å²) in [5.41, 5.74) is 0. The summed E-state index contributed by atoms with van der Waals surface area (Å²) >= 11 is 0. The summed E-state index contributed by atoms with van der Waals surface area (Å²) in [7, 11) is 0. The van der Waals surface area contributed by atoms with Crippen LogP contribution in [0.3, 0.4) is 0 Å². The Morgan fingerprint density at radius 2 is 2.12 bits per heavy atom. The van der Waals surface area contributed by atoms with Crippen LogP contribution in [0.1, 0.15) is 52.9 Å². The van der Waals surface area contributed by atoms with Crippen LogP contribution in [0.2, 0.25) is 0 Å². The summed E-state index contributed by atoms with van der Waals surface area (Å²) < 4.78 is 5.74. The molecule has 5 heteroatoms. The van der Waals surface area contributed by atoms with Gasteiger partial charge in [-0.15, -0.1) is 0 Å². The molecule has 1 aliphatic carbocycles. The minimum Gasteiger partial charge on any atom is -0.476 e. The molecule has 3 rings (SSSR count). The number of nitrogens with zero attached hydrogens (tertiary/aromatic N) is 3. The Morgan fingerprint density at radius 1 is 1.29 bits per heavy atom. The maximum Gasteiger partial charge on any atom is 0.234 e. The number of aromatic nitrogens is 2. The second-order valence-corrected chi connectivity index (χ2v) is 7.97. The average Bonchev–Trinajstić information content (AvgIpc) is 3.05. The molecule has 5 nitrogen and oxygen atoms in total. The lowest BCUT2D eigenvalue weighted by Crippen LogP contribution is -2.44. The Bertz CT molecular complexity index is 537. The number of aliphatic hydroxyl groups excluding tert-OH is 1. The van der Waals surface area contributed by atoms with Gasteiger partial charge >= 0.3 is 0 Å². The fourth-order valence-corrected chi connectivity index (χ4v) is 4.14. The molecule has 0 bridgehead atoms.